The fourth-order valence-electron chi connectivity index (χ4n) is 3.03. The lowest BCUT2D eigenvalue weighted by molar-refractivity contribution is 0.470. The maximum absolute atomic E-state index is 10.5. The molecule has 0 saturated carbocycles. The first kappa shape index (κ1) is 19.9. The van der Waals surface area contributed by atoms with E-state index < -0.39 is 0 Å². The van der Waals surface area contributed by atoms with E-state index in [2.05, 4.69) is 25.9 Å². The minimum absolute atomic E-state index is 0.0957. The highest BCUT2D eigenvalue weighted by Crippen LogP contribution is 2.39. The number of rotatable bonds is 3. The van der Waals surface area contributed by atoms with Gasteiger partial charge < -0.3 is 10.2 Å². The number of phenols is 2. The van der Waals surface area contributed by atoms with Gasteiger partial charge in [0.2, 0.25) is 0 Å². The summed E-state index contributed by atoms with van der Waals surface area (Å²) in [5.74, 6) is 0.237. The average Bonchev–Trinajstić information content (AvgIpc) is 3.16. The van der Waals surface area contributed by atoms with Gasteiger partial charge in [-0.15, -0.1) is 11.3 Å². The van der Waals surface area contributed by atoms with Gasteiger partial charge >= 0.3 is 0 Å². The molecular weight excluding hydrogens is 472 g/mol. The highest BCUT2D eigenvalue weighted by molar-refractivity contribution is 9.10. The van der Waals surface area contributed by atoms with Crippen LogP contribution in [0.5, 0.6) is 11.5 Å². The van der Waals surface area contributed by atoms with E-state index in [1.807, 2.05) is 38.1 Å². The number of hydrogen-bond acceptors (Lipinski definition) is 5. The van der Waals surface area contributed by atoms with E-state index in [0.29, 0.717) is 26.3 Å². The molecule has 0 fully saturated rings. The van der Waals surface area contributed by atoms with Gasteiger partial charge in [0.15, 0.2) is 0 Å². The fourth-order valence-corrected chi connectivity index (χ4v) is 4.74. The van der Waals surface area contributed by atoms with E-state index in [0.717, 1.165) is 26.4 Å². The summed E-state index contributed by atoms with van der Waals surface area (Å²) in [6.07, 6.45) is 1.58. The second kappa shape index (κ2) is 7.78. The molecule has 4 rings (SSSR count). The Bertz CT molecular complexity index is 1220. The van der Waals surface area contributed by atoms with E-state index >= 15 is 0 Å². The van der Waals surface area contributed by atoms with Gasteiger partial charge in [0.05, 0.1) is 25.9 Å². The lowest BCUT2D eigenvalue weighted by atomic mass is 10.0. The van der Waals surface area contributed by atoms with E-state index in [1.165, 1.54) is 11.3 Å². The maximum atomic E-state index is 10.5. The van der Waals surface area contributed by atoms with Crippen molar-refractivity contribution in [2.24, 2.45) is 4.99 Å². The molecule has 0 spiro atoms. The number of fused-ring (bicyclic) bond motifs is 1. The zero-order valence-corrected chi connectivity index (χ0v) is 18.7. The molecule has 7 heteroatoms. The smallest absolute Gasteiger partial charge is 0.139 e. The van der Waals surface area contributed by atoms with Crippen molar-refractivity contribution in [2.45, 2.75) is 13.8 Å². The van der Waals surface area contributed by atoms with Crippen LogP contribution >= 0.6 is 38.9 Å². The first-order valence-electron chi connectivity index (χ1n) is 8.77. The second-order valence-electron chi connectivity index (χ2n) is 6.59. The first-order valence-corrected chi connectivity index (χ1v) is 10.8. The Morgan fingerprint density at radius 1 is 1.10 bits per heavy atom. The predicted molar refractivity (Wildman–Crippen MR) is 124 cm³/mol. The molecule has 0 aliphatic rings. The maximum Gasteiger partial charge on any atom is 0.139 e. The molecule has 0 bridgehead atoms. The molecule has 1 heterocycles. The van der Waals surface area contributed by atoms with E-state index in [1.54, 1.807) is 24.4 Å². The van der Waals surface area contributed by atoms with Gasteiger partial charge in [-0.2, -0.15) is 0 Å². The summed E-state index contributed by atoms with van der Waals surface area (Å²) in [6.45, 7) is 3.68. The number of benzene rings is 3. The Morgan fingerprint density at radius 3 is 2.62 bits per heavy atom. The number of thiazole rings is 1. The van der Waals surface area contributed by atoms with E-state index in [4.69, 9.17) is 11.6 Å². The van der Waals surface area contributed by atoms with Crippen LogP contribution in [0.3, 0.4) is 0 Å². The monoisotopic (exact) mass is 486 g/mol. The van der Waals surface area contributed by atoms with Crippen LogP contribution in [0.1, 0.15) is 16.7 Å². The molecule has 0 radical (unpaired) electrons. The summed E-state index contributed by atoms with van der Waals surface area (Å²) in [5.41, 5.74) is 4.21. The Labute approximate surface area is 185 Å². The summed E-state index contributed by atoms with van der Waals surface area (Å²) in [5, 5.41) is 22.1. The number of phenolic OH excluding ortho intramolecular Hbond substituents is 2. The molecule has 0 atom stereocenters. The van der Waals surface area contributed by atoms with Gasteiger partial charge in [-0.05, 0) is 71.2 Å². The summed E-state index contributed by atoms with van der Waals surface area (Å²) in [4.78, 5) is 9.10. The average molecular weight is 488 g/mol. The van der Waals surface area contributed by atoms with Gasteiger partial charge in [0.25, 0.3) is 0 Å². The molecule has 0 saturated heterocycles. The molecule has 29 heavy (non-hydrogen) atoms. The van der Waals surface area contributed by atoms with Crippen LogP contribution in [-0.2, 0) is 0 Å². The SMILES string of the molecule is Cc1c(Cl)c(C)c(C=Nc2ccc(O)c(-c3nc4ccccc4s3)c2)c(O)c1Br. The number of halogens is 2. The third kappa shape index (κ3) is 3.64. The van der Waals surface area contributed by atoms with E-state index in [9.17, 15) is 10.2 Å². The van der Waals surface area contributed by atoms with Crippen LogP contribution in [0.4, 0.5) is 5.69 Å². The third-order valence-electron chi connectivity index (χ3n) is 4.70. The van der Waals surface area contributed by atoms with Gasteiger partial charge in [0, 0.05) is 16.8 Å². The Kier molecular flexibility index (Phi) is 5.34. The molecule has 146 valence electrons. The van der Waals surface area contributed by atoms with Crippen LogP contribution < -0.4 is 0 Å². The Balaban J connectivity index is 1.76. The minimum atomic E-state index is 0.0957. The topological polar surface area (TPSA) is 65.7 Å². The normalized spacial score (nSPS) is 11.6. The van der Waals surface area contributed by atoms with Crippen molar-refractivity contribution in [3.63, 3.8) is 0 Å². The lowest BCUT2D eigenvalue weighted by Crippen LogP contribution is -1.94. The van der Waals surface area contributed by atoms with Crippen molar-refractivity contribution in [2.75, 3.05) is 0 Å². The molecule has 0 unspecified atom stereocenters. The molecule has 4 nitrogen and oxygen atoms in total. The predicted octanol–water partition coefficient (Wildman–Crippen LogP) is 7.16. The second-order valence-corrected chi connectivity index (χ2v) is 8.79. The Hall–Kier alpha value is -2.41. The molecule has 0 amide bonds. The van der Waals surface area contributed by atoms with Crippen molar-refractivity contribution in [3.8, 4) is 22.1 Å². The largest absolute Gasteiger partial charge is 0.507 e. The van der Waals surface area contributed by atoms with Crippen LogP contribution in [0.25, 0.3) is 20.8 Å². The van der Waals surface area contributed by atoms with Crippen molar-refractivity contribution < 1.29 is 10.2 Å². The van der Waals surface area contributed by atoms with Crippen LogP contribution in [0.2, 0.25) is 5.02 Å². The van der Waals surface area contributed by atoms with E-state index in [-0.39, 0.29) is 11.5 Å². The number of hydrogen-bond donors (Lipinski definition) is 2. The third-order valence-corrected chi connectivity index (χ3v) is 7.31. The summed E-state index contributed by atoms with van der Waals surface area (Å²) in [6, 6.07) is 12.9. The van der Waals surface area contributed by atoms with Crippen LogP contribution in [-0.4, -0.2) is 21.4 Å². The van der Waals surface area contributed by atoms with Gasteiger partial charge in [-0.1, -0.05) is 23.7 Å². The van der Waals surface area contributed by atoms with Crippen molar-refractivity contribution in [1.29, 1.82) is 0 Å². The molecular formula is C22H16BrClN2O2S. The van der Waals surface area contributed by atoms with Crippen molar-refractivity contribution >= 4 is 61.0 Å². The zero-order valence-electron chi connectivity index (χ0n) is 15.6. The highest BCUT2D eigenvalue weighted by atomic mass is 79.9. The first-order chi connectivity index (χ1) is 13.9. The molecule has 1 aromatic heterocycles. The van der Waals surface area contributed by atoms with Crippen LogP contribution in [0, 0.1) is 13.8 Å². The fraction of sp³-hybridized carbons (Fsp3) is 0.0909. The van der Waals surface area contributed by atoms with Gasteiger partial charge in [-0.25, -0.2) is 4.98 Å². The zero-order chi connectivity index (χ0) is 20.7. The number of aromatic nitrogens is 1. The summed E-state index contributed by atoms with van der Waals surface area (Å²) in [7, 11) is 0. The quantitative estimate of drug-likeness (QED) is 0.301. The van der Waals surface area contributed by atoms with Crippen molar-refractivity contribution in [3.05, 3.63) is 68.7 Å². The van der Waals surface area contributed by atoms with Gasteiger partial charge in [0.1, 0.15) is 16.5 Å². The minimum Gasteiger partial charge on any atom is -0.507 e. The summed E-state index contributed by atoms with van der Waals surface area (Å²) < 4.78 is 1.60. The number of para-hydroxylation sites is 1. The molecule has 4 aromatic rings. The molecule has 2 N–H and O–H groups in total. The van der Waals surface area contributed by atoms with Crippen molar-refractivity contribution in [1.82, 2.24) is 4.98 Å². The molecule has 0 aliphatic heterocycles. The summed E-state index contributed by atoms with van der Waals surface area (Å²) >= 11 is 11.2. The molecule has 3 aromatic carbocycles. The Morgan fingerprint density at radius 2 is 1.86 bits per heavy atom. The van der Waals surface area contributed by atoms with Crippen LogP contribution in [0.15, 0.2) is 51.9 Å². The highest BCUT2D eigenvalue weighted by Gasteiger charge is 2.16. The lowest BCUT2D eigenvalue weighted by Gasteiger charge is -2.12. The number of aromatic hydroxyl groups is 2. The standard InChI is InChI=1S/C22H16BrClN2O2S/c1-11-15(21(28)19(23)12(2)20(11)24)10-25-13-7-8-17(27)14(9-13)22-26-16-5-3-4-6-18(16)29-22/h3-10,27-28H,1-2H3. The molecule has 0 aliphatic carbocycles. The van der Waals surface area contributed by atoms with Gasteiger partial charge in [-0.3, -0.25) is 4.99 Å². The number of nitrogens with zero attached hydrogens (tertiary/aromatic N) is 2. The number of aliphatic imine (C=N–C) groups is 1.